The van der Waals surface area contributed by atoms with Crippen LogP contribution in [0.4, 0.5) is 14.9 Å². The van der Waals surface area contributed by atoms with Crippen LogP contribution in [0.15, 0.2) is 78.9 Å². The van der Waals surface area contributed by atoms with E-state index >= 15 is 0 Å². The van der Waals surface area contributed by atoms with Gasteiger partial charge in [-0.25, -0.2) is 9.18 Å². The number of hydrogen-bond donors (Lipinski definition) is 0. The highest BCUT2D eigenvalue weighted by Crippen LogP contribution is 2.40. The van der Waals surface area contributed by atoms with E-state index in [-0.39, 0.29) is 12.2 Å². The number of para-hydroxylation sites is 1. The summed E-state index contributed by atoms with van der Waals surface area (Å²) in [6.07, 6.45) is -0.501. The van der Waals surface area contributed by atoms with Crippen LogP contribution in [0.3, 0.4) is 0 Å². The second-order valence-electron chi connectivity index (χ2n) is 6.48. The van der Waals surface area contributed by atoms with Crippen molar-refractivity contribution in [3.05, 3.63) is 95.8 Å². The number of ketones is 1. The fraction of sp³-hybridized carbons (Fsp3) is 0.125. The molecule has 0 saturated heterocycles. The first-order valence-corrected chi connectivity index (χ1v) is 9.29. The third kappa shape index (κ3) is 4.53. The number of benzene rings is 3. The highest BCUT2D eigenvalue weighted by molar-refractivity contribution is 5.99. The number of nitriles is 1. The fourth-order valence-corrected chi connectivity index (χ4v) is 3.26. The molecule has 1 heterocycles. The first-order chi connectivity index (χ1) is 14.5. The quantitative estimate of drug-likeness (QED) is 0.526. The number of carbonyl (C=O) groups excluding carboxylic acids is 2. The Morgan fingerprint density at radius 2 is 1.63 bits per heavy atom. The average Bonchev–Trinajstić information content (AvgIpc) is 2.76. The molecule has 5 nitrogen and oxygen atoms in total. The van der Waals surface area contributed by atoms with Gasteiger partial charge in [0.15, 0.2) is 5.78 Å². The Balaban J connectivity index is 0.000000806. The van der Waals surface area contributed by atoms with Crippen LogP contribution in [0.1, 0.15) is 35.3 Å². The molecule has 6 heteroatoms. The minimum Gasteiger partial charge on any atom is -0.410 e. The van der Waals surface area contributed by atoms with Crippen LogP contribution in [0, 0.1) is 17.1 Å². The van der Waals surface area contributed by atoms with Gasteiger partial charge in [0.25, 0.3) is 0 Å². The fourth-order valence-electron chi connectivity index (χ4n) is 3.26. The van der Waals surface area contributed by atoms with Gasteiger partial charge in [0.05, 0.1) is 12.1 Å². The summed E-state index contributed by atoms with van der Waals surface area (Å²) in [6, 6.07) is 22.9. The summed E-state index contributed by atoms with van der Waals surface area (Å²) in [5, 5.41) is 7.32. The molecule has 0 radical (unpaired) electrons. The molecular weight excluding hydrogens is 383 g/mol. The van der Waals surface area contributed by atoms with Gasteiger partial charge in [-0.2, -0.15) is 5.26 Å². The predicted molar refractivity (Wildman–Crippen MR) is 111 cm³/mol. The van der Waals surface area contributed by atoms with Gasteiger partial charge in [0.2, 0.25) is 0 Å². The molecule has 0 fully saturated rings. The first kappa shape index (κ1) is 20.7. The summed E-state index contributed by atoms with van der Waals surface area (Å²) in [6.45, 7) is 1.43. The van der Waals surface area contributed by atoms with Crippen LogP contribution in [0.2, 0.25) is 0 Å². The Hall–Kier alpha value is -3.98. The van der Waals surface area contributed by atoms with Crippen molar-refractivity contribution in [1.82, 2.24) is 0 Å². The molecule has 150 valence electrons. The molecule has 0 bridgehead atoms. The van der Waals surface area contributed by atoms with Crippen LogP contribution in [0.25, 0.3) is 0 Å². The molecular formula is C24H19FN2O3. The number of halogens is 1. The summed E-state index contributed by atoms with van der Waals surface area (Å²) in [5.41, 5.74) is 1.79. The molecule has 0 spiro atoms. The SMILES string of the molecule is CC#N.O=C(C[C@H]1c2ccccc2OC(=O)N1c1ccc(F)cc1)c1ccccc1. The summed E-state index contributed by atoms with van der Waals surface area (Å²) < 4.78 is 18.8. The Bertz CT molecular complexity index is 1080. The zero-order valence-corrected chi connectivity index (χ0v) is 16.3. The second kappa shape index (κ2) is 9.48. The van der Waals surface area contributed by atoms with Gasteiger partial charge in [-0.1, -0.05) is 48.5 Å². The molecule has 3 aromatic rings. The molecule has 1 amide bonds. The van der Waals surface area contributed by atoms with Gasteiger partial charge < -0.3 is 4.74 Å². The van der Waals surface area contributed by atoms with Gasteiger partial charge in [-0.15, -0.1) is 0 Å². The summed E-state index contributed by atoms with van der Waals surface area (Å²) >= 11 is 0. The van der Waals surface area contributed by atoms with Gasteiger partial charge >= 0.3 is 6.09 Å². The lowest BCUT2D eigenvalue weighted by Crippen LogP contribution is -2.42. The van der Waals surface area contributed by atoms with Crippen molar-refractivity contribution in [2.45, 2.75) is 19.4 Å². The topological polar surface area (TPSA) is 70.4 Å². The van der Waals surface area contributed by atoms with E-state index < -0.39 is 18.0 Å². The minimum absolute atomic E-state index is 0.0859. The largest absolute Gasteiger partial charge is 0.420 e. The highest BCUT2D eigenvalue weighted by atomic mass is 19.1. The third-order valence-corrected chi connectivity index (χ3v) is 4.56. The molecule has 1 atom stereocenters. The molecule has 1 aliphatic heterocycles. The van der Waals surface area contributed by atoms with Crippen LogP contribution in [-0.2, 0) is 0 Å². The van der Waals surface area contributed by atoms with Crippen molar-refractivity contribution >= 4 is 17.6 Å². The van der Waals surface area contributed by atoms with Crippen molar-refractivity contribution in [1.29, 1.82) is 5.26 Å². The molecule has 0 aromatic heterocycles. The minimum atomic E-state index is -0.592. The lowest BCUT2D eigenvalue weighted by atomic mass is 9.94. The Kier molecular flexibility index (Phi) is 6.56. The van der Waals surface area contributed by atoms with Crippen molar-refractivity contribution in [2.75, 3.05) is 4.90 Å². The average molecular weight is 402 g/mol. The molecule has 3 aromatic carbocycles. The zero-order valence-electron chi connectivity index (χ0n) is 16.3. The summed E-state index contributed by atoms with van der Waals surface area (Å²) in [4.78, 5) is 26.9. The number of rotatable bonds is 4. The smallest absolute Gasteiger partial charge is 0.410 e. The van der Waals surface area contributed by atoms with Crippen LogP contribution < -0.4 is 9.64 Å². The van der Waals surface area contributed by atoms with Crippen LogP contribution in [-0.4, -0.2) is 11.9 Å². The van der Waals surface area contributed by atoms with E-state index in [2.05, 4.69) is 0 Å². The van der Waals surface area contributed by atoms with E-state index in [1.807, 2.05) is 18.2 Å². The normalized spacial score (nSPS) is 14.5. The molecule has 4 rings (SSSR count). The van der Waals surface area contributed by atoms with E-state index in [0.717, 1.165) is 5.56 Å². The van der Waals surface area contributed by atoms with Crippen molar-refractivity contribution in [2.24, 2.45) is 0 Å². The number of Topliss-reactive ketones (excluding diaryl/α,β-unsaturated/α-hetero) is 1. The van der Waals surface area contributed by atoms with E-state index in [0.29, 0.717) is 17.0 Å². The van der Waals surface area contributed by atoms with E-state index in [1.54, 1.807) is 42.5 Å². The lowest BCUT2D eigenvalue weighted by molar-refractivity contribution is 0.0971. The first-order valence-electron chi connectivity index (χ1n) is 9.29. The zero-order chi connectivity index (χ0) is 21.5. The van der Waals surface area contributed by atoms with E-state index in [9.17, 15) is 14.0 Å². The van der Waals surface area contributed by atoms with Crippen LogP contribution >= 0.6 is 0 Å². The maximum absolute atomic E-state index is 13.3. The lowest BCUT2D eigenvalue weighted by Gasteiger charge is -2.35. The molecule has 0 N–H and O–H groups in total. The summed E-state index contributed by atoms with van der Waals surface area (Å²) in [5.74, 6) is -0.0506. The maximum atomic E-state index is 13.3. The number of nitrogens with zero attached hydrogens (tertiary/aromatic N) is 2. The molecule has 0 saturated carbocycles. The standard InChI is InChI=1S/C22H16FNO3.C2H3N/c23-16-10-12-17(13-11-16)24-19(14-20(25)15-6-2-1-3-7-15)18-8-4-5-9-21(18)27-22(24)26;1-2-3/h1-13,19H,14H2;1H3/t19-;/m0./s1. The number of hydrogen-bond acceptors (Lipinski definition) is 4. The third-order valence-electron chi connectivity index (χ3n) is 4.56. The highest BCUT2D eigenvalue weighted by Gasteiger charge is 2.36. The second-order valence-corrected chi connectivity index (χ2v) is 6.48. The van der Waals surface area contributed by atoms with Crippen molar-refractivity contribution < 1.29 is 18.7 Å². The van der Waals surface area contributed by atoms with Gasteiger partial charge in [-0.3, -0.25) is 9.69 Å². The number of amides is 1. The van der Waals surface area contributed by atoms with Gasteiger partial charge in [0.1, 0.15) is 11.6 Å². The Morgan fingerprint density at radius 1 is 1.03 bits per heavy atom. The summed E-state index contributed by atoms with van der Waals surface area (Å²) in [7, 11) is 0. The van der Waals surface area contributed by atoms with E-state index in [4.69, 9.17) is 10.00 Å². The van der Waals surface area contributed by atoms with Gasteiger partial charge in [0, 0.05) is 30.2 Å². The number of anilines is 1. The maximum Gasteiger partial charge on any atom is 0.420 e. The molecule has 0 aliphatic carbocycles. The Labute approximate surface area is 173 Å². The predicted octanol–water partition coefficient (Wildman–Crippen LogP) is 5.69. The van der Waals surface area contributed by atoms with Gasteiger partial charge in [-0.05, 0) is 30.3 Å². The Morgan fingerprint density at radius 3 is 2.30 bits per heavy atom. The molecule has 1 aliphatic rings. The molecule has 30 heavy (non-hydrogen) atoms. The monoisotopic (exact) mass is 402 g/mol. The van der Waals surface area contributed by atoms with Crippen molar-refractivity contribution in [3.8, 4) is 11.8 Å². The number of carbonyl (C=O) groups is 2. The molecule has 0 unspecified atom stereocenters. The number of fused-ring (bicyclic) bond motifs is 1. The van der Waals surface area contributed by atoms with Crippen LogP contribution in [0.5, 0.6) is 5.75 Å². The number of ether oxygens (including phenoxy) is 1. The van der Waals surface area contributed by atoms with Crippen molar-refractivity contribution in [3.63, 3.8) is 0 Å². The van der Waals surface area contributed by atoms with E-state index in [1.165, 1.54) is 36.1 Å².